The predicted molar refractivity (Wildman–Crippen MR) is 104 cm³/mol. The molecule has 6 heteroatoms. The number of rotatable bonds is 6. The first kappa shape index (κ1) is 17.9. The summed E-state index contributed by atoms with van der Waals surface area (Å²) in [4.78, 5) is 21.1. The minimum Gasteiger partial charge on any atom is -0.457 e. The summed E-state index contributed by atoms with van der Waals surface area (Å²) in [5, 5.41) is 3.47. The molecule has 0 spiro atoms. The molecule has 0 aliphatic carbocycles. The highest BCUT2D eigenvalue weighted by atomic mass is 32.2. The maximum Gasteiger partial charge on any atom is 0.274 e. The topological polar surface area (TPSA) is 64.1 Å². The summed E-state index contributed by atoms with van der Waals surface area (Å²) in [6, 6.07) is 18.4. The van der Waals surface area contributed by atoms with Crippen LogP contribution in [0.25, 0.3) is 0 Å². The van der Waals surface area contributed by atoms with Gasteiger partial charge in [-0.15, -0.1) is 0 Å². The first-order valence-electron chi connectivity index (χ1n) is 8.27. The van der Waals surface area contributed by atoms with E-state index >= 15 is 0 Å². The summed E-state index contributed by atoms with van der Waals surface area (Å²) < 4.78 is 5.75. The fourth-order valence-electron chi connectivity index (χ4n) is 2.28. The molecule has 132 valence electrons. The number of hydrogen-bond donors (Lipinski definition) is 1. The number of aryl methyl sites for hydroxylation is 1. The molecule has 0 aliphatic heterocycles. The monoisotopic (exact) mass is 365 g/mol. The highest BCUT2D eigenvalue weighted by molar-refractivity contribution is 7.99. The van der Waals surface area contributed by atoms with Crippen molar-refractivity contribution in [1.82, 2.24) is 9.97 Å². The second kappa shape index (κ2) is 8.49. The molecule has 1 amide bonds. The van der Waals surface area contributed by atoms with Gasteiger partial charge in [0.15, 0.2) is 5.16 Å². The molecule has 3 rings (SSSR count). The van der Waals surface area contributed by atoms with Crippen LogP contribution in [0.1, 0.15) is 23.1 Å². The minimum absolute atomic E-state index is 0.259. The first-order chi connectivity index (χ1) is 12.6. The SMILES string of the molecule is CCSc1nc(C)cc(C(=O)Nc2ccc(Oc3ccccc3)cc2)n1. The summed E-state index contributed by atoms with van der Waals surface area (Å²) in [5.74, 6) is 2.06. The molecule has 0 unspecified atom stereocenters. The van der Waals surface area contributed by atoms with Crippen molar-refractivity contribution in [2.24, 2.45) is 0 Å². The Labute approximate surface area is 156 Å². The fraction of sp³-hybridized carbons (Fsp3) is 0.150. The Morgan fingerprint density at radius 3 is 2.42 bits per heavy atom. The van der Waals surface area contributed by atoms with Crippen LogP contribution in [0, 0.1) is 6.92 Å². The molecule has 5 nitrogen and oxygen atoms in total. The number of carbonyl (C=O) groups is 1. The van der Waals surface area contributed by atoms with Crippen LogP contribution in [0.3, 0.4) is 0 Å². The van der Waals surface area contributed by atoms with E-state index in [4.69, 9.17) is 4.74 Å². The van der Waals surface area contributed by atoms with Gasteiger partial charge in [0, 0.05) is 11.4 Å². The average Bonchev–Trinajstić information content (AvgIpc) is 2.64. The lowest BCUT2D eigenvalue weighted by atomic mass is 10.2. The second-order valence-electron chi connectivity index (χ2n) is 5.50. The van der Waals surface area contributed by atoms with Crippen molar-refractivity contribution in [3.05, 3.63) is 72.1 Å². The van der Waals surface area contributed by atoms with Crippen LogP contribution in [0.15, 0.2) is 65.8 Å². The number of anilines is 1. The fourth-order valence-corrected chi connectivity index (χ4v) is 2.91. The maximum absolute atomic E-state index is 12.5. The summed E-state index contributed by atoms with van der Waals surface area (Å²) in [6.45, 7) is 3.88. The smallest absolute Gasteiger partial charge is 0.274 e. The number of thioether (sulfide) groups is 1. The normalized spacial score (nSPS) is 10.4. The number of ether oxygens (including phenoxy) is 1. The van der Waals surface area contributed by atoms with Crippen molar-refractivity contribution >= 4 is 23.4 Å². The molecule has 1 heterocycles. The van der Waals surface area contributed by atoms with Crippen molar-refractivity contribution < 1.29 is 9.53 Å². The Balaban J connectivity index is 1.68. The number of hydrogen-bond acceptors (Lipinski definition) is 5. The molecule has 2 aromatic carbocycles. The van der Waals surface area contributed by atoms with Gasteiger partial charge >= 0.3 is 0 Å². The van der Waals surface area contributed by atoms with Gasteiger partial charge in [-0.25, -0.2) is 9.97 Å². The molecular weight excluding hydrogens is 346 g/mol. The van der Waals surface area contributed by atoms with Gasteiger partial charge < -0.3 is 10.1 Å². The zero-order chi connectivity index (χ0) is 18.4. The van der Waals surface area contributed by atoms with Crippen LogP contribution in [0.5, 0.6) is 11.5 Å². The molecule has 1 N–H and O–H groups in total. The number of nitrogens with zero attached hydrogens (tertiary/aromatic N) is 2. The van der Waals surface area contributed by atoms with Gasteiger partial charge in [-0.2, -0.15) is 0 Å². The van der Waals surface area contributed by atoms with Crippen LogP contribution < -0.4 is 10.1 Å². The number of para-hydroxylation sites is 1. The number of amides is 1. The van der Waals surface area contributed by atoms with Crippen molar-refractivity contribution in [1.29, 1.82) is 0 Å². The van der Waals surface area contributed by atoms with Gasteiger partial charge in [0.1, 0.15) is 17.2 Å². The minimum atomic E-state index is -0.259. The summed E-state index contributed by atoms with van der Waals surface area (Å²) in [5.41, 5.74) is 1.81. The number of carbonyl (C=O) groups excluding carboxylic acids is 1. The van der Waals surface area contributed by atoms with Gasteiger partial charge in [-0.05, 0) is 55.1 Å². The largest absolute Gasteiger partial charge is 0.457 e. The lowest BCUT2D eigenvalue weighted by Crippen LogP contribution is -2.15. The molecule has 0 fully saturated rings. The van der Waals surface area contributed by atoms with Gasteiger partial charge in [-0.1, -0.05) is 36.9 Å². The molecule has 1 aromatic heterocycles. The Hall–Kier alpha value is -2.86. The molecule has 3 aromatic rings. The standard InChI is InChI=1S/C20H19N3O2S/c1-3-26-20-21-14(2)13-18(23-20)19(24)22-15-9-11-17(12-10-15)25-16-7-5-4-6-8-16/h4-13H,3H2,1-2H3,(H,22,24). The third-order valence-electron chi connectivity index (χ3n) is 3.43. The maximum atomic E-state index is 12.5. The Bertz CT molecular complexity index is 883. The van der Waals surface area contributed by atoms with E-state index in [1.54, 1.807) is 18.2 Å². The van der Waals surface area contributed by atoms with Crippen LogP contribution in [-0.4, -0.2) is 21.6 Å². The zero-order valence-electron chi connectivity index (χ0n) is 14.6. The first-order valence-corrected chi connectivity index (χ1v) is 9.25. The molecule has 0 aliphatic rings. The molecule has 0 bridgehead atoms. The second-order valence-corrected chi connectivity index (χ2v) is 6.73. The van der Waals surface area contributed by atoms with E-state index in [1.165, 1.54) is 11.8 Å². The third-order valence-corrected chi connectivity index (χ3v) is 4.16. The lowest BCUT2D eigenvalue weighted by Gasteiger charge is -2.09. The Morgan fingerprint density at radius 2 is 1.73 bits per heavy atom. The molecule has 0 saturated carbocycles. The lowest BCUT2D eigenvalue weighted by molar-refractivity contribution is 0.102. The van der Waals surface area contributed by atoms with E-state index in [-0.39, 0.29) is 5.91 Å². The van der Waals surface area contributed by atoms with Crippen molar-refractivity contribution in [3.8, 4) is 11.5 Å². The van der Waals surface area contributed by atoms with Crippen molar-refractivity contribution in [2.75, 3.05) is 11.1 Å². The van der Waals surface area contributed by atoms with E-state index < -0.39 is 0 Å². The number of benzene rings is 2. The third kappa shape index (κ3) is 4.83. The summed E-state index contributed by atoms with van der Waals surface area (Å²) in [7, 11) is 0. The van der Waals surface area contributed by atoms with E-state index in [0.29, 0.717) is 22.3 Å². The quantitative estimate of drug-likeness (QED) is 0.495. The summed E-state index contributed by atoms with van der Waals surface area (Å²) in [6.07, 6.45) is 0. The van der Waals surface area contributed by atoms with Crippen LogP contribution in [0.4, 0.5) is 5.69 Å². The van der Waals surface area contributed by atoms with E-state index in [1.807, 2.05) is 56.3 Å². The summed E-state index contributed by atoms with van der Waals surface area (Å²) >= 11 is 1.51. The molecular formula is C20H19N3O2S. The predicted octanol–water partition coefficient (Wildman–Crippen LogP) is 4.94. The van der Waals surface area contributed by atoms with Gasteiger partial charge in [-0.3, -0.25) is 4.79 Å². The molecule has 26 heavy (non-hydrogen) atoms. The van der Waals surface area contributed by atoms with E-state index in [9.17, 15) is 4.79 Å². The van der Waals surface area contributed by atoms with Gasteiger partial charge in [0.2, 0.25) is 0 Å². The molecule has 0 atom stereocenters. The Morgan fingerprint density at radius 1 is 1.04 bits per heavy atom. The van der Waals surface area contributed by atoms with Crippen LogP contribution in [-0.2, 0) is 0 Å². The van der Waals surface area contributed by atoms with Crippen LogP contribution >= 0.6 is 11.8 Å². The number of aromatic nitrogens is 2. The van der Waals surface area contributed by atoms with Crippen LogP contribution in [0.2, 0.25) is 0 Å². The molecule has 0 radical (unpaired) electrons. The van der Waals surface area contributed by atoms with Crippen molar-refractivity contribution in [3.63, 3.8) is 0 Å². The molecule has 0 saturated heterocycles. The zero-order valence-corrected chi connectivity index (χ0v) is 15.4. The highest BCUT2D eigenvalue weighted by Gasteiger charge is 2.11. The van der Waals surface area contributed by atoms with E-state index in [2.05, 4.69) is 15.3 Å². The number of nitrogens with one attached hydrogen (secondary N) is 1. The Kier molecular flexibility index (Phi) is 5.86. The van der Waals surface area contributed by atoms with Gasteiger partial charge in [0.25, 0.3) is 5.91 Å². The van der Waals surface area contributed by atoms with Crippen molar-refractivity contribution in [2.45, 2.75) is 19.0 Å². The highest BCUT2D eigenvalue weighted by Crippen LogP contribution is 2.23. The average molecular weight is 365 g/mol. The van der Waals surface area contributed by atoms with E-state index in [0.717, 1.165) is 17.2 Å². The van der Waals surface area contributed by atoms with Gasteiger partial charge in [0.05, 0.1) is 0 Å².